The van der Waals surface area contributed by atoms with Gasteiger partial charge in [0.05, 0.1) is 47.4 Å². The molecule has 0 N–H and O–H groups in total. The second-order valence-electron chi connectivity index (χ2n) is 8.22. The third kappa shape index (κ3) is 3.52. The van der Waals surface area contributed by atoms with Gasteiger partial charge in [-0.25, -0.2) is 4.79 Å². The number of anilines is 2. The second-order valence-corrected chi connectivity index (χ2v) is 8.22. The molecule has 0 radical (unpaired) electrons. The van der Waals surface area contributed by atoms with Crippen molar-refractivity contribution in [3.8, 4) is 17.2 Å². The number of nitrogens with zero attached hydrogens (tertiary/aromatic N) is 5. The fourth-order valence-electron chi connectivity index (χ4n) is 3.93. The van der Waals surface area contributed by atoms with E-state index < -0.39 is 6.09 Å². The van der Waals surface area contributed by atoms with E-state index in [4.69, 9.17) is 4.74 Å². The van der Waals surface area contributed by atoms with Gasteiger partial charge in [-0.3, -0.25) is 14.4 Å². The highest BCUT2D eigenvalue weighted by molar-refractivity contribution is 6.03. The zero-order valence-electron chi connectivity index (χ0n) is 17.6. The molecule has 2 heterocycles. The lowest BCUT2D eigenvalue weighted by Crippen LogP contribution is -2.51. The summed E-state index contributed by atoms with van der Waals surface area (Å²) in [6.07, 6.45) is 5.16. The van der Waals surface area contributed by atoms with Gasteiger partial charge in [0.15, 0.2) is 0 Å². The van der Waals surface area contributed by atoms with Crippen LogP contribution in [0.5, 0.6) is 0 Å². The fraction of sp³-hybridized carbons (Fsp3) is 0.455. The number of rotatable bonds is 3. The Morgan fingerprint density at radius 1 is 1.27 bits per heavy atom. The Labute approximate surface area is 175 Å². The van der Waals surface area contributed by atoms with E-state index in [0.717, 1.165) is 18.4 Å². The average molecular weight is 407 g/mol. The van der Waals surface area contributed by atoms with Gasteiger partial charge in [-0.15, -0.1) is 0 Å². The molecular formula is C22H25N5O3. The summed E-state index contributed by atoms with van der Waals surface area (Å²) in [6.45, 7) is 7.27. The summed E-state index contributed by atoms with van der Waals surface area (Å²) >= 11 is 0. The lowest BCUT2D eigenvalue weighted by Gasteiger charge is -2.40. The van der Waals surface area contributed by atoms with Gasteiger partial charge in [0.1, 0.15) is 0 Å². The van der Waals surface area contributed by atoms with Crippen molar-refractivity contribution in [1.82, 2.24) is 9.78 Å². The lowest BCUT2D eigenvalue weighted by molar-refractivity contribution is -0.117. The molecule has 0 bridgehead atoms. The molecule has 8 heteroatoms. The molecule has 1 fully saturated rings. The van der Waals surface area contributed by atoms with E-state index in [-0.39, 0.29) is 18.1 Å². The monoisotopic (exact) mass is 407 g/mol. The molecule has 1 aliphatic carbocycles. The Balaban J connectivity index is 1.85. The molecule has 156 valence electrons. The first-order valence-corrected chi connectivity index (χ1v) is 10.2. The van der Waals surface area contributed by atoms with Gasteiger partial charge in [0.25, 0.3) is 0 Å². The number of fused-ring (bicyclic) bond motifs is 1. The zero-order chi connectivity index (χ0) is 21.6. The van der Waals surface area contributed by atoms with Crippen LogP contribution in [0.25, 0.3) is 11.1 Å². The first-order chi connectivity index (χ1) is 14.3. The minimum atomic E-state index is -0.467. The largest absolute Gasteiger partial charge is 0.446 e. The van der Waals surface area contributed by atoms with Crippen molar-refractivity contribution < 1.29 is 14.3 Å². The quantitative estimate of drug-likeness (QED) is 0.770. The standard InChI is InChI=1S/C22H25N5O3/c1-13(2)30-22(29)25-11-14(3)27(15(4)28)21-7-16(9-23)19(8-20(21)25)17-10-24-26(12-17)18-5-6-18/h7-8,10,12-14,18H,5-6,11H2,1-4H3/t14-/m0/s1. The van der Waals surface area contributed by atoms with E-state index in [1.807, 2.05) is 17.8 Å². The lowest BCUT2D eigenvalue weighted by atomic mass is 9.97. The minimum Gasteiger partial charge on any atom is -0.446 e. The number of hydrogen-bond acceptors (Lipinski definition) is 5. The van der Waals surface area contributed by atoms with Crippen molar-refractivity contribution in [3.05, 3.63) is 30.1 Å². The average Bonchev–Trinajstić information content (AvgIpc) is 3.42. The predicted octanol–water partition coefficient (Wildman–Crippen LogP) is 3.86. The van der Waals surface area contributed by atoms with Gasteiger partial charge >= 0.3 is 6.09 Å². The molecule has 4 rings (SSSR count). The van der Waals surface area contributed by atoms with Crippen LogP contribution < -0.4 is 9.80 Å². The molecule has 1 aliphatic heterocycles. The molecule has 0 saturated heterocycles. The highest BCUT2D eigenvalue weighted by Gasteiger charge is 2.36. The summed E-state index contributed by atoms with van der Waals surface area (Å²) in [4.78, 5) is 28.4. The van der Waals surface area contributed by atoms with Crippen LogP contribution in [0.3, 0.4) is 0 Å². The first-order valence-electron chi connectivity index (χ1n) is 10.2. The highest BCUT2D eigenvalue weighted by atomic mass is 16.6. The van der Waals surface area contributed by atoms with Crippen molar-refractivity contribution in [1.29, 1.82) is 5.26 Å². The summed E-state index contributed by atoms with van der Waals surface area (Å²) in [5.41, 5.74) is 3.02. The Hall–Kier alpha value is -3.34. The van der Waals surface area contributed by atoms with Crippen LogP contribution in [0.15, 0.2) is 24.5 Å². The van der Waals surface area contributed by atoms with Gasteiger partial charge < -0.3 is 9.64 Å². The molecule has 1 atom stereocenters. The summed E-state index contributed by atoms with van der Waals surface area (Å²) in [6, 6.07) is 5.90. The van der Waals surface area contributed by atoms with Gasteiger partial charge in [-0.05, 0) is 45.7 Å². The van der Waals surface area contributed by atoms with Crippen molar-refractivity contribution >= 4 is 23.4 Å². The molecule has 0 unspecified atom stereocenters. The van der Waals surface area contributed by atoms with E-state index in [9.17, 15) is 14.9 Å². The highest BCUT2D eigenvalue weighted by Crippen LogP contribution is 2.42. The van der Waals surface area contributed by atoms with Crippen molar-refractivity contribution in [2.75, 3.05) is 16.3 Å². The zero-order valence-corrected chi connectivity index (χ0v) is 17.6. The number of nitriles is 1. The fourth-order valence-corrected chi connectivity index (χ4v) is 3.93. The molecule has 1 aromatic carbocycles. The molecule has 1 saturated carbocycles. The third-order valence-electron chi connectivity index (χ3n) is 5.40. The van der Waals surface area contributed by atoms with Crippen LogP contribution in [-0.4, -0.2) is 40.5 Å². The molecule has 0 spiro atoms. The van der Waals surface area contributed by atoms with Gasteiger partial charge in [-0.1, -0.05) is 0 Å². The summed E-state index contributed by atoms with van der Waals surface area (Å²) in [7, 11) is 0. The maximum absolute atomic E-state index is 12.8. The number of carbonyl (C=O) groups excluding carboxylic acids is 2. The molecule has 8 nitrogen and oxygen atoms in total. The molecule has 30 heavy (non-hydrogen) atoms. The normalized spacial score (nSPS) is 18.2. The van der Waals surface area contributed by atoms with Gasteiger partial charge in [0.2, 0.25) is 5.91 Å². The van der Waals surface area contributed by atoms with Crippen molar-refractivity contribution in [2.24, 2.45) is 0 Å². The molecule has 2 aliphatic rings. The Morgan fingerprint density at radius 3 is 2.60 bits per heavy atom. The molecular weight excluding hydrogens is 382 g/mol. The van der Waals surface area contributed by atoms with Crippen molar-refractivity contribution in [3.63, 3.8) is 0 Å². The minimum absolute atomic E-state index is 0.140. The number of benzene rings is 1. The number of carbonyl (C=O) groups is 2. The third-order valence-corrected chi connectivity index (χ3v) is 5.40. The van der Waals surface area contributed by atoms with Crippen LogP contribution in [0.4, 0.5) is 16.2 Å². The first kappa shape index (κ1) is 20.0. The maximum Gasteiger partial charge on any atom is 0.414 e. The molecule has 1 aromatic heterocycles. The molecule has 2 aromatic rings. The van der Waals surface area contributed by atoms with E-state index >= 15 is 0 Å². The Kier molecular flexibility index (Phi) is 4.98. The van der Waals surface area contributed by atoms with E-state index in [2.05, 4.69) is 11.2 Å². The van der Waals surface area contributed by atoms with Crippen LogP contribution >= 0.6 is 0 Å². The maximum atomic E-state index is 12.8. The SMILES string of the molecule is CC(=O)N1c2cc(C#N)c(-c3cnn(C4CC4)c3)cc2N(C(=O)OC(C)C)C[C@@H]1C. The van der Waals surface area contributed by atoms with Crippen LogP contribution in [0, 0.1) is 11.3 Å². The Morgan fingerprint density at radius 2 is 2.00 bits per heavy atom. The van der Waals surface area contributed by atoms with Crippen LogP contribution in [0.1, 0.15) is 52.1 Å². The van der Waals surface area contributed by atoms with E-state index in [0.29, 0.717) is 35.1 Å². The number of ether oxygens (including phenoxy) is 1. The topological polar surface area (TPSA) is 91.5 Å². The number of amides is 2. The van der Waals surface area contributed by atoms with Crippen molar-refractivity contribution in [2.45, 2.75) is 58.7 Å². The van der Waals surface area contributed by atoms with E-state index in [1.165, 1.54) is 6.92 Å². The van der Waals surface area contributed by atoms with Crippen LogP contribution in [-0.2, 0) is 9.53 Å². The van der Waals surface area contributed by atoms with Crippen LogP contribution in [0.2, 0.25) is 0 Å². The number of aromatic nitrogens is 2. The number of hydrogen-bond donors (Lipinski definition) is 0. The summed E-state index contributed by atoms with van der Waals surface area (Å²) < 4.78 is 7.36. The van der Waals surface area contributed by atoms with E-state index in [1.54, 1.807) is 42.0 Å². The summed E-state index contributed by atoms with van der Waals surface area (Å²) in [5, 5.41) is 14.2. The van der Waals surface area contributed by atoms with Gasteiger partial charge in [-0.2, -0.15) is 10.4 Å². The molecule has 2 amide bonds. The van der Waals surface area contributed by atoms with Gasteiger partial charge in [0, 0.05) is 30.8 Å². The second kappa shape index (κ2) is 7.48. The summed E-state index contributed by atoms with van der Waals surface area (Å²) in [5.74, 6) is -0.140. The Bertz CT molecular complexity index is 1050. The predicted molar refractivity (Wildman–Crippen MR) is 112 cm³/mol. The smallest absolute Gasteiger partial charge is 0.414 e.